The zero-order valence-corrected chi connectivity index (χ0v) is 19.6. The molecular weight excluding hydrogens is 426 g/mol. The zero-order valence-electron chi connectivity index (χ0n) is 18.8. The number of sulfonamides is 1. The van der Waals surface area contributed by atoms with Crippen LogP contribution in [0.1, 0.15) is 55.5 Å². The highest BCUT2D eigenvalue weighted by atomic mass is 32.2. The molecule has 2 aromatic rings. The Morgan fingerprint density at radius 1 is 1.03 bits per heavy atom. The van der Waals surface area contributed by atoms with Gasteiger partial charge in [0.15, 0.2) is 0 Å². The maximum Gasteiger partial charge on any atom is 0.251 e. The number of carbonyl (C=O) groups excluding carboxylic acids is 2. The normalized spacial score (nSPS) is 19.3. The van der Waals surface area contributed by atoms with Gasteiger partial charge in [0.05, 0.1) is 4.90 Å². The molecule has 1 aliphatic heterocycles. The third-order valence-electron chi connectivity index (χ3n) is 5.74. The summed E-state index contributed by atoms with van der Waals surface area (Å²) in [6.07, 6.45) is 2.86. The van der Waals surface area contributed by atoms with Crippen molar-refractivity contribution in [2.75, 3.05) is 11.9 Å². The van der Waals surface area contributed by atoms with Crippen molar-refractivity contribution in [3.63, 3.8) is 0 Å². The summed E-state index contributed by atoms with van der Waals surface area (Å²) in [5.41, 5.74) is 2.06. The van der Waals surface area contributed by atoms with E-state index in [0.29, 0.717) is 11.3 Å². The van der Waals surface area contributed by atoms with Crippen molar-refractivity contribution in [3.8, 4) is 0 Å². The number of anilines is 1. The van der Waals surface area contributed by atoms with Crippen LogP contribution in [0.4, 0.5) is 5.69 Å². The van der Waals surface area contributed by atoms with E-state index >= 15 is 0 Å². The average molecular weight is 458 g/mol. The van der Waals surface area contributed by atoms with E-state index < -0.39 is 10.0 Å². The molecule has 172 valence electrons. The van der Waals surface area contributed by atoms with Crippen LogP contribution in [-0.4, -0.2) is 43.2 Å². The van der Waals surface area contributed by atoms with Crippen LogP contribution in [0.25, 0.3) is 0 Å². The summed E-state index contributed by atoms with van der Waals surface area (Å²) in [7, 11) is -3.59. The summed E-state index contributed by atoms with van der Waals surface area (Å²) in [6, 6.07) is 13.4. The molecular formula is C24H31N3O4S. The Hall–Kier alpha value is -2.71. The van der Waals surface area contributed by atoms with Crippen molar-refractivity contribution in [3.05, 3.63) is 59.7 Å². The molecule has 2 amide bonds. The summed E-state index contributed by atoms with van der Waals surface area (Å²) in [5.74, 6) is -0.486. The lowest BCUT2D eigenvalue weighted by molar-refractivity contribution is -0.116. The summed E-state index contributed by atoms with van der Waals surface area (Å²) < 4.78 is 27.8. The Bertz CT molecular complexity index is 1060. The second kappa shape index (κ2) is 10.3. The molecule has 1 fully saturated rings. The highest BCUT2D eigenvalue weighted by Crippen LogP contribution is 2.29. The maximum atomic E-state index is 13.1. The second-order valence-electron chi connectivity index (χ2n) is 8.41. The number of nitrogens with zero attached hydrogens (tertiary/aromatic N) is 1. The minimum atomic E-state index is -3.59. The van der Waals surface area contributed by atoms with Gasteiger partial charge < -0.3 is 10.6 Å². The first kappa shape index (κ1) is 23.9. The summed E-state index contributed by atoms with van der Waals surface area (Å²) >= 11 is 0. The number of benzene rings is 2. The average Bonchev–Trinajstić information content (AvgIpc) is 2.73. The molecule has 0 aliphatic carbocycles. The number of aryl methyl sites for hydroxylation is 1. The third kappa shape index (κ3) is 5.75. The fourth-order valence-corrected chi connectivity index (χ4v) is 5.99. The first-order valence-corrected chi connectivity index (χ1v) is 12.4. The number of carbonyl (C=O) groups is 2. The van der Waals surface area contributed by atoms with Gasteiger partial charge in [0.25, 0.3) is 5.91 Å². The molecule has 0 radical (unpaired) electrons. The summed E-state index contributed by atoms with van der Waals surface area (Å²) in [6.45, 7) is 6.00. The largest absolute Gasteiger partial charge is 0.352 e. The molecule has 32 heavy (non-hydrogen) atoms. The molecule has 0 aromatic heterocycles. The molecule has 8 heteroatoms. The van der Waals surface area contributed by atoms with Gasteiger partial charge in [0, 0.05) is 36.3 Å². The van der Waals surface area contributed by atoms with Crippen molar-refractivity contribution in [1.82, 2.24) is 9.62 Å². The lowest BCUT2D eigenvalue weighted by Crippen LogP contribution is -2.47. The molecule has 2 aromatic carbocycles. The predicted molar refractivity (Wildman–Crippen MR) is 125 cm³/mol. The van der Waals surface area contributed by atoms with E-state index in [-0.39, 0.29) is 41.8 Å². The zero-order chi connectivity index (χ0) is 23.3. The van der Waals surface area contributed by atoms with Crippen LogP contribution >= 0.6 is 0 Å². The molecule has 2 N–H and O–H groups in total. The molecule has 1 heterocycles. The standard InChI is InChI=1S/C24H31N3O4S/c1-17-6-4-9-20(16-17)24(29)25-15-14-23(28)26-21-10-12-22(13-11-21)32(30,31)27-18(2)7-5-8-19(27)3/h4,6,9-13,16,18-19H,5,7-8,14-15H2,1-3H3,(H,25,29)(H,26,28). The van der Waals surface area contributed by atoms with Crippen LogP contribution in [0.2, 0.25) is 0 Å². The molecule has 3 rings (SSSR count). The number of rotatable bonds is 7. The van der Waals surface area contributed by atoms with Gasteiger partial charge in [-0.25, -0.2) is 8.42 Å². The van der Waals surface area contributed by atoms with Crippen molar-refractivity contribution < 1.29 is 18.0 Å². The molecule has 0 spiro atoms. The lowest BCUT2D eigenvalue weighted by atomic mass is 10.0. The topological polar surface area (TPSA) is 95.6 Å². The predicted octanol–water partition coefficient (Wildman–Crippen LogP) is 3.71. The molecule has 0 bridgehead atoms. The number of hydrogen-bond donors (Lipinski definition) is 2. The van der Waals surface area contributed by atoms with Crippen LogP contribution in [-0.2, 0) is 14.8 Å². The summed E-state index contributed by atoms with van der Waals surface area (Å²) in [5, 5.41) is 5.47. The molecule has 1 aliphatic rings. The van der Waals surface area contributed by atoms with Crippen molar-refractivity contribution in [2.24, 2.45) is 0 Å². The van der Waals surface area contributed by atoms with E-state index in [1.807, 2.05) is 32.9 Å². The van der Waals surface area contributed by atoms with Gasteiger partial charge >= 0.3 is 0 Å². The van der Waals surface area contributed by atoms with Gasteiger partial charge in [0.2, 0.25) is 15.9 Å². The molecule has 1 saturated heterocycles. The van der Waals surface area contributed by atoms with Crippen molar-refractivity contribution in [1.29, 1.82) is 0 Å². The number of amides is 2. The summed E-state index contributed by atoms with van der Waals surface area (Å²) in [4.78, 5) is 24.6. The monoisotopic (exact) mass is 457 g/mol. The van der Waals surface area contributed by atoms with Gasteiger partial charge in [0.1, 0.15) is 0 Å². The minimum absolute atomic E-state index is 0.0295. The van der Waals surface area contributed by atoms with E-state index in [2.05, 4.69) is 10.6 Å². The third-order valence-corrected chi connectivity index (χ3v) is 7.89. The van der Waals surface area contributed by atoms with Crippen LogP contribution < -0.4 is 10.6 Å². The van der Waals surface area contributed by atoms with Gasteiger partial charge in [-0.2, -0.15) is 4.31 Å². The Kier molecular flexibility index (Phi) is 7.69. The Balaban J connectivity index is 1.54. The van der Waals surface area contributed by atoms with Crippen molar-refractivity contribution >= 4 is 27.5 Å². The van der Waals surface area contributed by atoms with Crippen molar-refractivity contribution in [2.45, 2.75) is 63.4 Å². The highest BCUT2D eigenvalue weighted by Gasteiger charge is 2.35. The quantitative estimate of drug-likeness (QED) is 0.663. The first-order valence-electron chi connectivity index (χ1n) is 11.0. The highest BCUT2D eigenvalue weighted by molar-refractivity contribution is 7.89. The number of nitrogens with one attached hydrogen (secondary N) is 2. The van der Waals surface area contributed by atoms with Crippen LogP contribution in [0.15, 0.2) is 53.4 Å². The van der Waals surface area contributed by atoms with E-state index in [4.69, 9.17) is 0 Å². The van der Waals surface area contributed by atoms with Gasteiger partial charge in [-0.3, -0.25) is 9.59 Å². The smallest absolute Gasteiger partial charge is 0.251 e. The van der Waals surface area contributed by atoms with Gasteiger partial charge in [-0.05, 0) is 70.0 Å². The molecule has 2 atom stereocenters. The lowest BCUT2D eigenvalue weighted by Gasteiger charge is -2.37. The first-order chi connectivity index (χ1) is 15.2. The SMILES string of the molecule is Cc1cccc(C(=O)NCCC(=O)Nc2ccc(S(=O)(=O)N3C(C)CCCC3C)cc2)c1. The van der Waals surface area contributed by atoms with Crippen LogP contribution in [0.3, 0.4) is 0 Å². The molecule has 2 unspecified atom stereocenters. The van der Waals surface area contributed by atoms with E-state index in [1.165, 1.54) is 12.1 Å². The number of hydrogen-bond acceptors (Lipinski definition) is 4. The molecule has 0 saturated carbocycles. The Morgan fingerprint density at radius 3 is 2.31 bits per heavy atom. The van der Waals surface area contributed by atoms with E-state index in [9.17, 15) is 18.0 Å². The maximum absolute atomic E-state index is 13.1. The van der Waals surface area contributed by atoms with Crippen LogP contribution in [0.5, 0.6) is 0 Å². The number of piperidine rings is 1. The van der Waals surface area contributed by atoms with E-state index in [1.54, 1.807) is 28.6 Å². The second-order valence-corrected chi connectivity index (χ2v) is 10.3. The Morgan fingerprint density at radius 2 is 1.69 bits per heavy atom. The van der Waals surface area contributed by atoms with Crippen LogP contribution in [0, 0.1) is 6.92 Å². The van der Waals surface area contributed by atoms with Gasteiger partial charge in [-0.1, -0.05) is 24.1 Å². The van der Waals surface area contributed by atoms with E-state index in [0.717, 1.165) is 24.8 Å². The Labute approximate surface area is 190 Å². The fraction of sp³-hybridized carbons (Fsp3) is 0.417. The fourth-order valence-electron chi connectivity index (χ4n) is 4.10. The van der Waals surface area contributed by atoms with Gasteiger partial charge in [-0.15, -0.1) is 0 Å². The minimum Gasteiger partial charge on any atom is -0.352 e. The molecule has 7 nitrogen and oxygen atoms in total.